The molecule has 1 N–H and O–H groups in total. The SMILES string of the molecule is O=S(=O)(CC1CCCCC1)NC1c2ccccc2CC1Br. The Labute approximate surface area is 135 Å². The normalized spacial score (nSPS) is 26.7. The number of alkyl halides is 1. The molecule has 2 aliphatic rings. The summed E-state index contributed by atoms with van der Waals surface area (Å²) in [7, 11) is -3.22. The van der Waals surface area contributed by atoms with Crippen LogP contribution >= 0.6 is 15.9 Å². The van der Waals surface area contributed by atoms with Crippen molar-refractivity contribution in [2.75, 3.05) is 5.75 Å². The van der Waals surface area contributed by atoms with Crippen molar-refractivity contribution >= 4 is 26.0 Å². The quantitative estimate of drug-likeness (QED) is 0.822. The third-order valence-corrected chi connectivity index (χ3v) is 7.03. The van der Waals surface area contributed by atoms with Gasteiger partial charge >= 0.3 is 0 Å². The number of halogens is 1. The van der Waals surface area contributed by atoms with Gasteiger partial charge in [-0.3, -0.25) is 0 Å². The first kappa shape index (κ1) is 15.5. The number of benzene rings is 1. The molecule has 2 atom stereocenters. The lowest BCUT2D eigenvalue weighted by atomic mass is 9.91. The highest BCUT2D eigenvalue weighted by Gasteiger charge is 2.34. The monoisotopic (exact) mass is 371 g/mol. The van der Waals surface area contributed by atoms with Crippen LogP contribution in [0.25, 0.3) is 0 Å². The standard InChI is InChI=1S/C16H22BrNO2S/c17-15-10-13-8-4-5-9-14(13)16(15)18-21(19,20)11-12-6-2-1-3-7-12/h4-5,8-9,12,15-16,18H,1-3,6-7,10-11H2. The first-order chi connectivity index (χ1) is 10.1. The molecule has 3 rings (SSSR count). The van der Waals surface area contributed by atoms with Gasteiger partial charge in [-0.2, -0.15) is 0 Å². The second kappa shape index (κ2) is 6.39. The van der Waals surface area contributed by atoms with Gasteiger partial charge in [0.15, 0.2) is 0 Å². The predicted octanol–water partition coefficient (Wildman–Crippen LogP) is 3.55. The van der Waals surface area contributed by atoms with Gasteiger partial charge in [0, 0.05) is 4.83 Å². The zero-order chi connectivity index (χ0) is 14.9. The number of rotatable bonds is 4. The van der Waals surface area contributed by atoms with Crippen molar-refractivity contribution in [3.05, 3.63) is 35.4 Å². The second-order valence-corrected chi connectivity index (χ2v) is 9.27. The van der Waals surface area contributed by atoms with Gasteiger partial charge in [0.25, 0.3) is 0 Å². The zero-order valence-corrected chi connectivity index (χ0v) is 14.5. The van der Waals surface area contributed by atoms with Crippen molar-refractivity contribution in [3.63, 3.8) is 0 Å². The number of hydrogen-bond acceptors (Lipinski definition) is 2. The lowest BCUT2D eigenvalue weighted by Crippen LogP contribution is -2.35. The molecule has 0 aliphatic heterocycles. The Bertz CT molecular complexity index is 596. The molecule has 5 heteroatoms. The topological polar surface area (TPSA) is 46.2 Å². The minimum Gasteiger partial charge on any atom is -0.212 e. The lowest BCUT2D eigenvalue weighted by molar-refractivity contribution is 0.383. The summed E-state index contributed by atoms with van der Waals surface area (Å²) in [4.78, 5) is 0.149. The number of hydrogen-bond donors (Lipinski definition) is 1. The van der Waals surface area contributed by atoms with Crippen molar-refractivity contribution in [1.29, 1.82) is 0 Å². The van der Waals surface area contributed by atoms with Gasteiger partial charge in [-0.05, 0) is 36.3 Å². The largest absolute Gasteiger partial charge is 0.212 e. The first-order valence-electron chi connectivity index (χ1n) is 7.77. The Kier molecular flexibility index (Phi) is 4.71. The van der Waals surface area contributed by atoms with Crippen molar-refractivity contribution in [2.45, 2.75) is 49.4 Å². The summed E-state index contributed by atoms with van der Waals surface area (Å²) in [5.41, 5.74) is 2.36. The fourth-order valence-electron chi connectivity index (χ4n) is 3.59. The molecule has 21 heavy (non-hydrogen) atoms. The smallest absolute Gasteiger partial charge is 0.212 e. The van der Waals surface area contributed by atoms with Crippen LogP contribution in [0.1, 0.15) is 49.3 Å². The Hall–Kier alpha value is -0.390. The third-order valence-electron chi connectivity index (χ3n) is 4.65. The molecule has 0 aromatic heterocycles. The van der Waals surface area contributed by atoms with Crippen molar-refractivity contribution < 1.29 is 8.42 Å². The van der Waals surface area contributed by atoms with E-state index in [1.54, 1.807) is 0 Å². The van der Waals surface area contributed by atoms with E-state index in [1.165, 1.54) is 24.8 Å². The molecule has 1 saturated carbocycles. The average molecular weight is 372 g/mol. The Balaban J connectivity index is 1.70. The van der Waals surface area contributed by atoms with Crippen LogP contribution in [0.3, 0.4) is 0 Å². The van der Waals surface area contributed by atoms with E-state index in [9.17, 15) is 8.42 Å². The second-order valence-electron chi connectivity index (χ2n) is 6.30. The summed E-state index contributed by atoms with van der Waals surface area (Å²) >= 11 is 3.64. The molecule has 0 heterocycles. The summed E-state index contributed by atoms with van der Waals surface area (Å²) in [5, 5.41) is 0. The van der Waals surface area contributed by atoms with Crippen LogP contribution in [-0.4, -0.2) is 19.0 Å². The van der Waals surface area contributed by atoms with Crippen LogP contribution in [0.4, 0.5) is 0 Å². The minimum atomic E-state index is -3.22. The van der Waals surface area contributed by atoms with Gasteiger partial charge in [0.1, 0.15) is 0 Å². The zero-order valence-electron chi connectivity index (χ0n) is 12.1. The van der Waals surface area contributed by atoms with E-state index in [0.29, 0.717) is 5.92 Å². The Morgan fingerprint density at radius 1 is 1.14 bits per heavy atom. The van der Waals surface area contributed by atoms with Crippen LogP contribution in [0.15, 0.2) is 24.3 Å². The van der Waals surface area contributed by atoms with Crippen molar-refractivity contribution in [2.24, 2.45) is 5.92 Å². The summed E-state index contributed by atoms with van der Waals surface area (Å²) in [6, 6.07) is 7.97. The fourth-order valence-corrected chi connectivity index (χ4v) is 6.26. The highest BCUT2D eigenvalue weighted by Crippen LogP contribution is 2.36. The predicted molar refractivity (Wildman–Crippen MR) is 89.1 cm³/mol. The van der Waals surface area contributed by atoms with Gasteiger partial charge in [-0.15, -0.1) is 0 Å². The molecule has 0 radical (unpaired) electrons. The fraction of sp³-hybridized carbons (Fsp3) is 0.625. The molecule has 2 unspecified atom stereocenters. The van der Waals surface area contributed by atoms with Crippen LogP contribution in [-0.2, 0) is 16.4 Å². The van der Waals surface area contributed by atoms with Gasteiger partial charge < -0.3 is 0 Å². The molecule has 2 aliphatic carbocycles. The molecule has 116 valence electrons. The molecule has 0 amide bonds. The molecule has 1 aromatic rings. The maximum Gasteiger partial charge on any atom is 0.212 e. The van der Waals surface area contributed by atoms with Gasteiger partial charge in [0.05, 0.1) is 11.8 Å². The Morgan fingerprint density at radius 3 is 2.62 bits per heavy atom. The highest BCUT2D eigenvalue weighted by atomic mass is 79.9. The van der Waals surface area contributed by atoms with E-state index in [2.05, 4.69) is 26.7 Å². The molecular formula is C16H22BrNO2S. The lowest BCUT2D eigenvalue weighted by Gasteiger charge is -2.23. The maximum absolute atomic E-state index is 12.5. The molecule has 1 fully saturated rings. The van der Waals surface area contributed by atoms with E-state index < -0.39 is 10.0 Å². The molecular weight excluding hydrogens is 350 g/mol. The van der Waals surface area contributed by atoms with E-state index in [-0.39, 0.29) is 16.6 Å². The minimum absolute atomic E-state index is 0.130. The summed E-state index contributed by atoms with van der Waals surface area (Å²) < 4.78 is 27.9. The number of fused-ring (bicyclic) bond motifs is 1. The first-order valence-corrected chi connectivity index (χ1v) is 10.3. The number of sulfonamides is 1. The van der Waals surface area contributed by atoms with Gasteiger partial charge in [-0.1, -0.05) is 59.5 Å². The van der Waals surface area contributed by atoms with E-state index in [4.69, 9.17) is 0 Å². The van der Waals surface area contributed by atoms with Gasteiger partial charge in [0.2, 0.25) is 10.0 Å². The summed E-state index contributed by atoms with van der Waals surface area (Å²) in [6.45, 7) is 0. The summed E-state index contributed by atoms with van der Waals surface area (Å²) in [5.74, 6) is 0.618. The van der Waals surface area contributed by atoms with Crippen molar-refractivity contribution in [1.82, 2.24) is 4.72 Å². The van der Waals surface area contributed by atoms with Crippen molar-refractivity contribution in [3.8, 4) is 0 Å². The van der Waals surface area contributed by atoms with Gasteiger partial charge in [-0.25, -0.2) is 13.1 Å². The van der Waals surface area contributed by atoms with E-state index >= 15 is 0 Å². The van der Waals surface area contributed by atoms with Crippen LogP contribution < -0.4 is 4.72 Å². The maximum atomic E-state index is 12.5. The van der Waals surface area contributed by atoms with Crippen LogP contribution in [0, 0.1) is 5.92 Å². The van der Waals surface area contributed by atoms with Crippen LogP contribution in [0.2, 0.25) is 0 Å². The van der Waals surface area contributed by atoms with E-state index in [0.717, 1.165) is 24.8 Å². The molecule has 1 aromatic carbocycles. The third kappa shape index (κ3) is 3.69. The molecule has 0 saturated heterocycles. The van der Waals surface area contributed by atoms with E-state index in [1.807, 2.05) is 18.2 Å². The number of nitrogens with one attached hydrogen (secondary N) is 1. The Morgan fingerprint density at radius 2 is 1.86 bits per heavy atom. The molecule has 0 spiro atoms. The molecule has 0 bridgehead atoms. The molecule has 3 nitrogen and oxygen atoms in total. The van der Waals surface area contributed by atoms with Crippen LogP contribution in [0.5, 0.6) is 0 Å². The highest BCUT2D eigenvalue weighted by molar-refractivity contribution is 9.09. The summed E-state index contributed by atoms with van der Waals surface area (Å²) in [6.07, 6.45) is 6.59. The average Bonchev–Trinajstić information content (AvgIpc) is 2.75.